The van der Waals surface area contributed by atoms with Crippen LogP contribution in [-0.4, -0.2) is 13.2 Å². The van der Waals surface area contributed by atoms with E-state index in [1.54, 1.807) is 0 Å². The molecule has 4 aromatic rings. The third kappa shape index (κ3) is 10.9. The van der Waals surface area contributed by atoms with Gasteiger partial charge in [-0.1, -0.05) is 149 Å². The number of allylic oxidation sites excluding steroid dienone is 2. The second-order valence-electron chi connectivity index (χ2n) is 11.1. The summed E-state index contributed by atoms with van der Waals surface area (Å²) in [5.74, 6) is 1.87. The summed E-state index contributed by atoms with van der Waals surface area (Å²) in [6.07, 6.45) is 15.1. The SMILES string of the molecule is CCCCCCOc1ccc(/C=C(\CC=C(c2ccccc2)c2ccccc2)c2ccc(OCCCCCC)cc2)cc1. The zero-order valence-electron chi connectivity index (χ0n) is 26.1. The van der Waals surface area contributed by atoms with Crippen LogP contribution in [0, 0.1) is 0 Å². The molecule has 0 aromatic heterocycles. The van der Waals surface area contributed by atoms with Crippen LogP contribution in [0.1, 0.15) is 93.9 Å². The van der Waals surface area contributed by atoms with Gasteiger partial charge in [0.2, 0.25) is 0 Å². The van der Waals surface area contributed by atoms with Crippen molar-refractivity contribution < 1.29 is 9.47 Å². The predicted molar refractivity (Wildman–Crippen MR) is 185 cm³/mol. The van der Waals surface area contributed by atoms with Crippen molar-refractivity contribution in [3.05, 3.63) is 138 Å². The highest BCUT2D eigenvalue weighted by Crippen LogP contribution is 2.30. The van der Waals surface area contributed by atoms with Gasteiger partial charge in [-0.15, -0.1) is 0 Å². The number of rotatable bonds is 18. The van der Waals surface area contributed by atoms with Crippen molar-refractivity contribution in [1.82, 2.24) is 0 Å². The van der Waals surface area contributed by atoms with Crippen LogP contribution in [0.3, 0.4) is 0 Å². The summed E-state index contributed by atoms with van der Waals surface area (Å²) in [4.78, 5) is 0. The lowest BCUT2D eigenvalue weighted by Gasteiger charge is -2.12. The molecule has 0 saturated heterocycles. The first-order valence-electron chi connectivity index (χ1n) is 16.2. The summed E-state index contributed by atoms with van der Waals surface area (Å²) in [6, 6.07) is 38.5. The predicted octanol–water partition coefficient (Wildman–Crippen LogP) is 11.7. The first kappa shape index (κ1) is 31.9. The molecule has 0 spiro atoms. The van der Waals surface area contributed by atoms with E-state index in [1.165, 1.54) is 71.9 Å². The molecule has 0 unspecified atom stereocenters. The molecule has 0 N–H and O–H groups in total. The number of benzene rings is 4. The molecule has 0 bridgehead atoms. The average Bonchev–Trinajstić information content (AvgIpc) is 3.06. The van der Waals surface area contributed by atoms with Gasteiger partial charge in [0.1, 0.15) is 11.5 Å². The van der Waals surface area contributed by atoms with Crippen LogP contribution >= 0.6 is 0 Å². The van der Waals surface area contributed by atoms with E-state index in [0.29, 0.717) is 0 Å². The fourth-order valence-electron chi connectivity index (χ4n) is 5.17. The van der Waals surface area contributed by atoms with Crippen LogP contribution < -0.4 is 9.47 Å². The Morgan fingerprint density at radius 1 is 0.512 bits per heavy atom. The molecule has 2 heteroatoms. The second kappa shape index (κ2) is 18.5. The summed E-state index contributed by atoms with van der Waals surface area (Å²) in [7, 11) is 0. The third-order valence-corrected chi connectivity index (χ3v) is 7.68. The molecule has 0 amide bonds. The van der Waals surface area contributed by atoms with Gasteiger partial charge in [0.15, 0.2) is 0 Å². The Morgan fingerprint density at radius 2 is 1.00 bits per heavy atom. The number of ether oxygens (including phenoxy) is 2. The van der Waals surface area contributed by atoms with Gasteiger partial charge in [-0.25, -0.2) is 0 Å². The highest BCUT2D eigenvalue weighted by Gasteiger charge is 2.08. The Bertz CT molecular complexity index is 1330. The van der Waals surface area contributed by atoms with E-state index in [2.05, 4.69) is 135 Å². The molecule has 0 saturated carbocycles. The fraction of sp³-hybridized carbons (Fsp3) is 0.317. The monoisotopic (exact) mass is 572 g/mol. The van der Waals surface area contributed by atoms with Gasteiger partial charge in [0.25, 0.3) is 0 Å². The quantitative estimate of drug-likeness (QED) is 0.0872. The Morgan fingerprint density at radius 3 is 1.49 bits per heavy atom. The summed E-state index contributed by atoms with van der Waals surface area (Å²) in [6.45, 7) is 6.02. The van der Waals surface area contributed by atoms with Crippen molar-refractivity contribution in [1.29, 1.82) is 0 Å². The van der Waals surface area contributed by atoms with Crippen LogP contribution in [0.5, 0.6) is 11.5 Å². The summed E-state index contributed by atoms with van der Waals surface area (Å²) in [5.41, 5.74) is 7.31. The van der Waals surface area contributed by atoms with Gasteiger partial charge in [0, 0.05) is 0 Å². The summed E-state index contributed by atoms with van der Waals surface area (Å²) in [5, 5.41) is 0. The lowest BCUT2D eigenvalue weighted by atomic mass is 9.93. The zero-order chi connectivity index (χ0) is 30.0. The molecule has 0 fully saturated rings. The van der Waals surface area contributed by atoms with Gasteiger partial charge in [-0.2, -0.15) is 0 Å². The van der Waals surface area contributed by atoms with Gasteiger partial charge >= 0.3 is 0 Å². The molecule has 0 aliphatic heterocycles. The lowest BCUT2D eigenvalue weighted by molar-refractivity contribution is 0.305. The maximum Gasteiger partial charge on any atom is 0.119 e. The van der Waals surface area contributed by atoms with Crippen LogP contribution in [0.4, 0.5) is 0 Å². The van der Waals surface area contributed by atoms with Crippen molar-refractivity contribution >= 4 is 17.2 Å². The number of hydrogen-bond acceptors (Lipinski definition) is 2. The van der Waals surface area contributed by atoms with Crippen molar-refractivity contribution in [3.8, 4) is 11.5 Å². The third-order valence-electron chi connectivity index (χ3n) is 7.68. The highest BCUT2D eigenvalue weighted by molar-refractivity contribution is 5.86. The van der Waals surface area contributed by atoms with Gasteiger partial charge < -0.3 is 9.47 Å². The summed E-state index contributed by atoms with van der Waals surface area (Å²) >= 11 is 0. The molecule has 0 aliphatic rings. The zero-order valence-corrected chi connectivity index (χ0v) is 26.1. The first-order chi connectivity index (χ1) is 21.3. The van der Waals surface area contributed by atoms with Gasteiger partial charge in [0.05, 0.1) is 13.2 Å². The minimum Gasteiger partial charge on any atom is -0.494 e. The number of unbranched alkanes of at least 4 members (excludes halogenated alkanes) is 6. The molecule has 43 heavy (non-hydrogen) atoms. The number of hydrogen-bond donors (Lipinski definition) is 0. The molecule has 4 rings (SSSR count). The maximum absolute atomic E-state index is 6.04. The van der Waals surface area contributed by atoms with Crippen molar-refractivity contribution in [2.24, 2.45) is 0 Å². The minimum atomic E-state index is 0.773. The van der Waals surface area contributed by atoms with Crippen LogP contribution in [0.25, 0.3) is 17.2 Å². The van der Waals surface area contributed by atoms with E-state index in [4.69, 9.17) is 9.47 Å². The Balaban J connectivity index is 1.57. The maximum atomic E-state index is 6.04. The Hall–Kier alpha value is -4.04. The normalized spacial score (nSPS) is 11.3. The molecule has 0 heterocycles. The Kier molecular flexibility index (Phi) is 13.7. The fourth-order valence-corrected chi connectivity index (χ4v) is 5.17. The highest BCUT2D eigenvalue weighted by atomic mass is 16.5. The second-order valence-corrected chi connectivity index (χ2v) is 11.1. The topological polar surface area (TPSA) is 18.5 Å². The lowest BCUT2D eigenvalue weighted by Crippen LogP contribution is -1.97. The molecule has 224 valence electrons. The molecular formula is C41H48O2. The van der Waals surface area contributed by atoms with Crippen LogP contribution in [0.15, 0.2) is 115 Å². The van der Waals surface area contributed by atoms with Crippen LogP contribution in [-0.2, 0) is 0 Å². The molecule has 0 radical (unpaired) electrons. The smallest absolute Gasteiger partial charge is 0.119 e. The van der Waals surface area contributed by atoms with E-state index in [0.717, 1.165) is 44.0 Å². The molecule has 4 aromatic carbocycles. The largest absolute Gasteiger partial charge is 0.494 e. The van der Waals surface area contributed by atoms with E-state index in [1.807, 2.05) is 0 Å². The van der Waals surface area contributed by atoms with E-state index >= 15 is 0 Å². The van der Waals surface area contributed by atoms with E-state index < -0.39 is 0 Å². The van der Waals surface area contributed by atoms with Crippen LogP contribution in [0.2, 0.25) is 0 Å². The molecular weight excluding hydrogens is 524 g/mol. The Labute approximate surface area is 260 Å². The average molecular weight is 573 g/mol. The molecule has 0 atom stereocenters. The molecule has 0 aliphatic carbocycles. The first-order valence-corrected chi connectivity index (χ1v) is 16.2. The molecule has 2 nitrogen and oxygen atoms in total. The van der Waals surface area contributed by atoms with Gasteiger partial charge in [-0.3, -0.25) is 0 Å². The van der Waals surface area contributed by atoms with Crippen molar-refractivity contribution in [3.63, 3.8) is 0 Å². The van der Waals surface area contributed by atoms with E-state index in [-0.39, 0.29) is 0 Å². The minimum absolute atomic E-state index is 0.773. The van der Waals surface area contributed by atoms with Crippen molar-refractivity contribution in [2.75, 3.05) is 13.2 Å². The standard InChI is InChI=1S/C41H48O2/c1-3-5-7-15-31-42-39-26-21-34(22-27-39)33-38(35-23-28-40(29-24-35)43-32-16-8-6-4-2)25-30-41(36-17-11-9-12-18-36)37-19-13-10-14-20-37/h9-14,17-24,26-30,33H,3-8,15-16,25,31-32H2,1-2H3/b38-33+. The van der Waals surface area contributed by atoms with Gasteiger partial charge in [-0.05, 0) is 76.9 Å². The summed E-state index contributed by atoms with van der Waals surface area (Å²) < 4.78 is 12.0. The van der Waals surface area contributed by atoms with E-state index in [9.17, 15) is 0 Å². The van der Waals surface area contributed by atoms with Crippen molar-refractivity contribution in [2.45, 2.75) is 71.6 Å².